The van der Waals surface area contributed by atoms with E-state index >= 15 is 0 Å². The molecule has 15 heavy (non-hydrogen) atoms. The molecule has 0 spiro atoms. The van der Waals surface area contributed by atoms with E-state index in [1.54, 1.807) is 6.07 Å². The van der Waals surface area contributed by atoms with E-state index in [0.717, 1.165) is 12.0 Å². The van der Waals surface area contributed by atoms with Gasteiger partial charge in [-0.3, -0.25) is 0 Å². The fraction of sp³-hybridized carbons (Fsp3) is 0.538. The minimum absolute atomic E-state index is 0.00983. The first-order valence-electron chi connectivity index (χ1n) is 5.58. The second-order valence-corrected chi connectivity index (χ2v) is 3.29. The molecule has 0 amide bonds. The van der Waals surface area contributed by atoms with Crippen LogP contribution in [0.15, 0.2) is 18.2 Å². The Hall–Kier alpha value is -0.890. The summed E-state index contributed by atoms with van der Waals surface area (Å²) < 4.78 is 13.2. The van der Waals surface area contributed by atoms with Crippen LogP contribution < -0.4 is 0 Å². The Kier molecular flexibility index (Phi) is 6.97. The molecule has 1 nitrogen and oxygen atoms in total. The molecule has 0 saturated heterocycles. The van der Waals surface area contributed by atoms with Crippen molar-refractivity contribution in [2.45, 2.75) is 40.0 Å². The molecule has 0 aliphatic carbocycles. The van der Waals surface area contributed by atoms with Crippen LogP contribution in [0.4, 0.5) is 4.39 Å². The maximum absolute atomic E-state index is 13.2. The summed E-state index contributed by atoms with van der Waals surface area (Å²) in [4.78, 5) is 0. The number of halogens is 1. The maximum atomic E-state index is 13.2. The van der Waals surface area contributed by atoms with Gasteiger partial charge < -0.3 is 5.11 Å². The molecule has 2 heteroatoms. The highest BCUT2D eigenvalue weighted by Crippen LogP contribution is 2.20. The summed E-state index contributed by atoms with van der Waals surface area (Å²) >= 11 is 0. The van der Waals surface area contributed by atoms with Crippen molar-refractivity contribution in [1.82, 2.24) is 0 Å². The zero-order valence-corrected chi connectivity index (χ0v) is 10.0. The molecule has 86 valence electrons. The van der Waals surface area contributed by atoms with Crippen molar-refractivity contribution >= 4 is 0 Å². The fourth-order valence-corrected chi connectivity index (χ4v) is 1.29. The zero-order chi connectivity index (χ0) is 11.8. The number of rotatable bonds is 3. The Labute approximate surface area is 92.0 Å². The molecule has 0 radical (unpaired) electrons. The number of benzene rings is 1. The quantitative estimate of drug-likeness (QED) is 0.813. The van der Waals surface area contributed by atoms with Gasteiger partial charge in [0.15, 0.2) is 0 Å². The lowest BCUT2D eigenvalue weighted by Crippen LogP contribution is -2.02. The van der Waals surface area contributed by atoms with Gasteiger partial charge >= 0.3 is 0 Å². The van der Waals surface area contributed by atoms with Gasteiger partial charge in [0.1, 0.15) is 5.82 Å². The van der Waals surface area contributed by atoms with Crippen LogP contribution in [-0.4, -0.2) is 11.7 Å². The summed E-state index contributed by atoms with van der Waals surface area (Å²) in [5.74, 6) is -0.342. The normalized spacial score (nSPS) is 11.6. The topological polar surface area (TPSA) is 20.2 Å². The zero-order valence-electron chi connectivity index (χ0n) is 10.0. The third kappa shape index (κ3) is 4.00. The Balaban J connectivity index is 0.000000921. The monoisotopic (exact) mass is 212 g/mol. The standard InChI is InChI=1S/C11H15FO.C2H6/c1-3-9-4-5-11(12)10(6-9)8(2)7-13;1-2/h4-6,8,13H,3,7H2,1-2H3;1-2H3. The van der Waals surface area contributed by atoms with Gasteiger partial charge in [0, 0.05) is 12.5 Å². The van der Waals surface area contributed by atoms with Crippen molar-refractivity contribution in [1.29, 1.82) is 0 Å². The predicted octanol–water partition coefficient (Wildman–Crippen LogP) is 3.51. The molecule has 1 aromatic rings. The van der Waals surface area contributed by atoms with Crippen LogP contribution in [0.25, 0.3) is 0 Å². The van der Waals surface area contributed by atoms with Crippen molar-refractivity contribution in [3.8, 4) is 0 Å². The Morgan fingerprint density at radius 2 is 1.93 bits per heavy atom. The van der Waals surface area contributed by atoms with Gasteiger partial charge in [0.05, 0.1) is 0 Å². The molecule has 0 aliphatic heterocycles. The lowest BCUT2D eigenvalue weighted by Gasteiger charge is -2.10. The Morgan fingerprint density at radius 1 is 1.33 bits per heavy atom. The first-order valence-corrected chi connectivity index (χ1v) is 5.58. The second-order valence-electron chi connectivity index (χ2n) is 3.29. The highest BCUT2D eigenvalue weighted by molar-refractivity contribution is 5.27. The molecule has 1 unspecified atom stereocenters. The maximum Gasteiger partial charge on any atom is 0.126 e. The lowest BCUT2D eigenvalue weighted by molar-refractivity contribution is 0.270. The molecular weight excluding hydrogens is 191 g/mol. The van der Waals surface area contributed by atoms with E-state index in [9.17, 15) is 4.39 Å². The third-order valence-corrected chi connectivity index (χ3v) is 2.27. The Bertz CT molecular complexity index is 284. The molecule has 1 N–H and O–H groups in total. The van der Waals surface area contributed by atoms with Crippen LogP contribution in [0.5, 0.6) is 0 Å². The van der Waals surface area contributed by atoms with Crippen LogP contribution in [0.2, 0.25) is 0 Å². The second kappa shape index (κ2) is 7.41. The largest absolute Gasteiger partial charge is 0.396 e. The first-order chi connectivity index (χ1) is 7.19. The minimum atomic E-state index is -0.223. The van der Waals surface area contributed by atoms with Crippen LogP contribution in [0.3, 0.4) is 0 Å². The van der Waals surface area contributed by atoms with Crippen molar-refractivity contribution in [2.75, 3.05) is 6.61 Å². The molecular formula is C13H21FO. The van der Waals surface area contributed by atoms with Gasteiger partial charge in [0.2, 0.25) is 0 Å². The molecule has 0 bridgehead atoms. The molecule has 0 saturated carbocycles. The molecule has 1 rings (SSSR count). The van der Waals surface area contributed by atoms with Crippen LogP contribution >= 0.6 is 0 Å². The van der Waals surface area contributed by atoms with E-state index < -0.39 is 0 Å². The first kappa shape index (κ1) is 14.1. The van der Waals surface area contributed by atoms with Crippen molar-refractivity contribution in [3.63, 3.8) is 0 Å². The van der Waals surface area contributed by atoms with Crippen LogP contribution in [0.1, 0.15) is 44.7 Å². The molecule has 0 fully saturated rings. The van der Waals surface area contributed by atoms with E-state index in [-0.39, 0.29) is 18.3 Å². The van der Waals surface area contributed by atoms with Crippen LogP contribution in [-0.2, 0) is 6.42 Å². The van der Waals surface area contributed by atoms with Gasteiger partial charge in [-0.05, 0) is 23.6 Å². The lowest BCUT2D eigenvalue weighted by atomic mass is 9.98. The third-order valence-electron chi connectivity index (χ3n) is 2.27. The van der Waals surface area contributed by atoms with Gasteiger partial charge in [0.25, 0.3) is 0 Å². The van der Waals surface area contributed by atoms with E-state index in [2.05, 4.69) is 0 Å². The van der Waals surface area contributed by atoms with E-state index in [1.165, 1.54) is 6.07 Å². The average Bonchev–Trinajstić information content (AvgIpc) is 2.31. The van der Waals surface area contributed by atoms with Crippen LogP contribution in [0, 0.1) is 5.82 Å². The number of aryl methyl sites for hydroxylation is 1. The summed E-state index contributed by atoms with van der Waals surface area (Å²) in [5, 5.41) is 8.91. The van der Waals surface area contributed by atoms with Gasteiger partial charge in [-0.2, -0.15) is 0 Å². The molecule has 0 aliphatic rings. The number of aliphatic hydroxyl groups excluding tert-OH is 1. The highest BCUT2D eigenvalue weighted by Gasteiger charge is 2.09. The summed E-state index contributed by atoms with van der Waals surface area (Å²) in [5.41, 5.74) is 1.72. The minimum Gasteiger partial charge on any atom is -0.396 e. The summed E-state index contributed by atoms with van der Waals surface area (Å²) in [6.45, 7) is 7.84. The number of aliphatic hydroxyl groups is 1. The van der Waals surface area contributed by atoms with E-state index in [0.29, 0.717) is 5.56 Å². The number of hydrogen-bond donors (Lipinski definition) is 1. The Morgan fingerprint density at radius 3 is 2.40 bits per heavy atom. The predicted molar refractivity (Wildman–Crippen MR) is 62.6 cm³/mol. The fourth-order valence-electron chi connectivity index (χ4n) is 1.29. The van der Waals surface area contributed by atoms with Gasteiger partial charge in [-0.15, -0.1) is 0 Å². The molecule has 1 atom stereocenters. The smallest absolute Gasteiger partial charge is 0.126 e. The summed E-state index contributed by atoms with van der Waals surface area (Å²) in [6, 6.07) is 5.08. The van der Waals surface area contributed by atoms with Crippen molar-refractivity contribution < 1.29 is 9.50 Å². The average molecular weight is 212 g/mol. The molecule has 0 aromatic heterocycles. The number of hydrogen-bond acceptors (Lipinski definition) is 1. The van der Waals surface area contributed by atoms with Gasteiger partial charge in [-0.25, -0.2) is 4.39 Å². The highest BCUT2D eigenvalue weighted by atomic mass is 19.1. The van der Waals surface area contributed by atoms with Crippen molar-refractivity contribution in [2.24, 2.45) is 0 Å². The summed E-state index contributed by atoms with van der Waals surface area (Å²) in [6.07, 6.45) is 0.894. The van der Waals surface area contributed by atoms with Crippen molar-refractivity contribution in [3.05, 3.63) is 35.1 Å². The summed E-state index contributed by atoms with van der Waals surface area (Å²) in [7, 11) is 0. The van der Waals surface area contributed by atoms with Gasteiger partial charge in [-0.1, -0.05) is 39.8 Å². The van der Waals surface area contributed by atoms with E-state index in [1.807, 2.05) is 33.8 Å². The molecule has 0 heterocycles. The SMILES string of the molecule is CC.CCc1ccc(F)c(C(C)CO)c1. The molecule has 1 aromatic carbocycles. The van der Waals surface area contributed by atoms with E-state index in [4.69, 9.17) is 5.11 Å².